The first kappa shape index (κ1) is 13.1. The van der Waals surface area contributed by atoms with Gasteiger partial charge in [0, 0.05) is 13.0 Å². The first-order valence-electron chi connectivity index (χ1n) is 5.31. The van der Waals surface area contributed by atoms with Crippen LogP contribution in [0.25, 0.3) is 0 Å². The lowest BCUT2D eigenvalue weighted by Gasteiger charge is -2.00. The summed E-state index contributed by atoms with van der Waals surface area (Å²) in [6.45, 7) is 6.68. The van der Waals surface area contributed by atoms with E-state index in [4.69, 9.17) is 4.74 Å². The quantitative estimate of drug-likeness (QED) is 0.826. The second kappa shape index (κ2) is 6.55. The molecule has 1 aromatic heterocycles. The zero-order valence-corrected chi connectivity index (χ0v) is 10.6. The lowest BCUT2D eigenvalue weighted by molar-refractivity contribution is -0.120. The van der Waals surface area contributed by atoms with Crippen molar-refractivity contribution in [2.75, 3.05) is 18.5 Å². The van der Waals surface area contributed by atoms with Crippen molar-refractivity contribution < 1.29 is 9.53 Å². The molecule has 1 rings (SSSR count). The molecule has 0 saturated heterocycles. The molecule has 1 heterocycles. The summed E-state index contributed by atoms with van der Waals surface area (Å²) in [7, 11) is 0. The number of ether oxygens (including phenoxy) is 1. The molecule has 0 aliphatic heterocycles. The normalized spacial score (nSPS) is 10.8. The van der Waals surface area contributed by atoms with Crippen molar-refractivity contribution in [3.05, 3.63) is 5.01 Å². The zero-order valence-electron chi connectivity index (χ0n) is 9.82. The average Bonchev–Trinajstić information content (AvgIpc) is 2.61. The van der Waals surface area contributed by atoms with Gasteiger partial charge in [0.2, 0.25) is 5.13 Å². The topological polar surface area (TPSA) is 64.1 Å². The van der Waals surface area contributed by atoms with Gasteiger partial charge in [-0.2, -0.15) is 0 Å². The van der Waals surface area contributed by atoms with Crippen molar-refractivity contribution in [3.63, 3.8) is 0 Å². The summed E-state index contributed by atoms with van der Waals surface area (Å²) in [6.07, 6.45) is 0.888. The van der Waals surface area contributed by atoms with Gasteiger partial charge in [-0.1, -0.05) is 25.2 Å². The summed E-state index contributed by atoms with van der Waals surface area (Å²) in [5, 5.41) is 12.0. The number of carbonyl (C=O) groups excluding carboxylic acids is 1. The summed E-state index contributed by atoms with van der Waals surface area (Å²) in [5.74, 6) is 0.356. The number of aromatic nitrogens is 2. The molecule has 0 aromatic carbocycles. The van der Waals surface area contributed by atoms with Gasteiger partial charge in [-0.15, -0.1) is 10.2 Å². The fourth-order valence-corrected chi connectivity index (χ4v) is 2.05. The van der Waals surface area contributed by atoms with Gasteiger partial charge in [0.05, 0.1) is 0 Å². The number of anilines is 1. The fourth-order valence-electron chi connectivity index (χ4n) is 1.09. The molecule has 1 amide bonds. The molecular formula is C10H17N3O2S. The van der Waals surface area contributed by atoms with Crippen LogP contribution >= 0.6 is 11.3 Å². The molecule has 5 nitrogen and oxygen atoms in total. The highest BCUT2D eigenvalue weighted by atomic mass is 32.1. The van der Waals surface area contributed by atoms with Crippen molar-refractivity contribution in [1.82, 2.24) is 10.2 Å². The van der Waals surface area contributed by atoms with Crippen LogP contribution in [-0.2, 0) is 16.0 Å². The fraction of sp³-hybridized carbons (Fsp3) is 0.700. The predicted octanol–water partition coefficient (Wildman–Crippen LogP) is 1.71. The zero-order chi connectivity index (χ0) is 12.0. The van der Waals surface area contributed by atoms with E-state index in [0.29, 0.717) is 17.7 Å². The number of hydrogen-bond donors (Lipinski definition) is 1. The van der Waals surface area contributed by atoms with Gasteiger partial charge in [-0.05, 0) is 12.8 Å². The van der Waals surface area contributed by atoms with Gasteiger partial charge in [0.25, 0.3) is 5.91 Å². The van der Waals surface area contributed by atoms with Crippen LogP contribution in [-0.4, -0.2) is 29.3 Å². The van der Waals surface area contributed by atoms with Gasteiger partial charge in [0.1, 0.15) is 11.6 Å². The third-order valence-electron chi connectivity index (χ3n) is 1.73. The van der Waals surface area contributed by atoms with Gasteiger partial charge in [0.15, 0.2) is 0 Å². The summed E-state index contributed by atoms with van der Waals surface area (Å²) in [6, 6.07) is 0. The molecule has 1 aromatic rings. The standard InChI is InChI=1S/C10H17N3O2S/c1-4-15-6-8(14)11-10-13-12-9(16-10)5-7(2)3/h7H,4-6H2,1-3H3,(H,11,13,14). The molecular weight excluding hydrogens is 226 g/mol. The Balaban J connectivity index is 2.42. The van der Waals surface area contributed by atoms with Crippen molar-refractivity contribution in [3.8, 4) is 0 Å². The molecule has 0 unspecified atom stereocenters. The molecule has 0 fully saturated rings. The SMILES string of the molecule is CCOCC(=O)Nc1nnc(CC(C)C)s1. The minimum Gasteiger partial charge on any atom is -0.372 e. The molecule has 1 N–H and O–H groups in total. The van der Waals surface area contributed by atoms with Gasteiger partial charge >= 0.3 is 0 Å². The van der Waals surface area contributed by atoms with Crippen molar-refractivity contribution in [1.29, 1.82) is 0 Å². The highest BCUT2D eigenvalue weighted by Gasteiger charge is 2.08. The van der Waals surface area contributed by atoms with E-state index >= 15 is 0 Å². The maximum Gasteiger partial charge on any atom is 0.252 e. The molecule has 0 atom stereocenters. The van der Waals surface area contributed by atoms with Crippen LogP contribution in [0.15, 0.2) is 0 Å². The van der Waals surface area contributed by atoms with Crippen molar-refractivity contribution in [2.24, 2.45) is 5.92 Å². The highest BCUT2D eigenvalue weighted by Crippen LogP contribution is 2.17. The first-order valence-corrected chi connectivity index (χ1v) is 6.13. The smallest absolute Gasteiger partial charge is 0.252 e. The lowest BCUT2D eigenvalue weighted by Crippen LogP contribution is -2.17. The van der Waals surface area contributed by atoms with E-state index in [9.17, 15) is 4.79 Å². The van der Waals surface area contributed by atoms with Crippen LogP contribution in [0, 0.1) is 5.92 Å². The average molecular weight is 243 g/mol. The van der Waals surface area contributed by atoms with E-state index < -0.39 is 0 Å². The molecule has 0 spiro atoms. The second-order valence-electron chi connectivity index (χ2n) is 3.78. The van der Waals surface area contributed by atoms with Crippen LogP contribution in [0.4, 0.5) is 5.13 Å². The number of rotatable bonds is 6. The number of amides is 1. The molecule has 16 heavy (non-hydrogen) atoms. The third-order valence-corrected chi connectivity index (χ3v) is 2.59. The monoisotopic (exact) mass is 243 g/mol. The molecule has 0 bridgehead atoms. The predicted molar refractivity (Wildman–Crippen MR) is 63.6 cm³/mol. The maximum absolute atomic E-state index is 11.3. The Bertz CT molecular complexity index is 339. The molecule has 0 aliphatic carbocycles. The van der Waals surface area contributed by atoms with Gasteiger partial charge < -0.3 is 4.74 Å². The number of hydrogen-bond acceptors (Lipinski definition) is 5. The Hall–Kier alpha value is -1.01. The van der Waals surface area contributed by atoms with E-state index in [-0.39, 0.29) is 12.5 Å². The van der Waals surface area contributed by atoms with Gasteiger partial charge in [-0.25, -0.2) is 0 Å². The molecule has 6 heteroatoms. The minimum atomic E-state index is -0.186. The molecule has 0 radical (unpaired) electrons. The largest absolute Gasteiger partial charge is 0.372 e. The van der Waals surface area contributed by atoms with E-state index in [1.165, 1.54) is 11.3 Å². The Kier molecular flexibility index (Phi) is 5.34. The second-order valence-corrected chi connectivity index (χ2v) is 4.85. The Labute approximate surface area is 99.2 Å². The van der Waals surface area contributed by atoms with Crippen LogP contribution in [0.3, 0.4) is 0 Å². The number of nitrogens with one attached hydrogen (secondary N) is 1. The Morgan fingerprint density at radius 1 is 1.50 bits per heavy atom. The summed E-state index contributed by atoms with van der Waals surface area (Å²) in [4.78, 5) is 11.3. The van der Waals surface area contributed by atoms with Crippen LogP contribution in [0.5, 0.6) is 0 Å². The molecule has 90 valence electrons. The maximum atomic E-state index is 11.3. The number of nitrogens with zero attached hydrogens (tertiary/aromatic N) is 2. The van der Waals surface area contributed by atoms with E-state index in [2.05, 4.69) is 29.4 Å². The first-order chi connectivity index (χ1) is 7.61. The minimum absolute atomic E-state index is 0.0651. The number of carbonyl (C=O) groups is 1. The Morgan fingerprint density at radius 2 is 2.25 bits per heavy atom. The summed E-state index contributed by atoms with van der Waals surface area (Å²) in [5.41, 5.74) is 0. The highest BCUT2D eigenvalue weighted by molar-refractivity contribution is 7.15. The summed E-state index contributed by atoms with van der Waals surface area (Å²) >= 11 is 1.41. The van der Waals surface area contributed by atoms with E-state index in [1.54, 1.807) is 0 Å². The van der Waals surface area contributed by atoms with Crippen LogP contribution < -0.4 is 5.32 Å². The molecule has 0 aliphatic rings. The summed E-state index contributed by atoms with van der Waals surface area (Å²) < 4.78 is 4.98. The van der Waals surface area contributed by atoms with Crippen LogP contribution in [0.1, 0.15) is 25.8 Å². The van der Waals surface area contributed by atoms with Crippen molar-refractivity contribution >= 4 is 22.4 Å². The van der Waals surface area contributed by atoms with Crippen molar-refractivity contribution in [2.45, 2.75) is 27.2 Å². The molecule has 0 saturated carbocycles. The lowest BCUT2D eigenvalue weighted by atomic mass is 10.1. The third kappa shape index (κ3) is 4.67. The van der Waals surface area contributed by atoms with Gasteiger partial charge in [-0.3, -0.25) is 10.1 Å². The van der Waals surface area contributed by atoms with E-state index in [0.717, 1.165) is 11.4 Å². The van der Waals surface area contributed by atoms with Crippen LogP contribution in [0.2, 0.25) is 0 Å². The Morgan fingerprint density at radius 3 is 2.88 bits per heavy atom. The van der Waals surface area contributed by atoms with E-state index in [1.807, 2.05) is 6.92 Å².